The molecule has 1 saturated heterocycles. The van der Waals surface area contributed by atoms with Gasteiger partial charge in [-0.25, -0.2) is 9.97 Å². The normalized spacial score (nSPS) is 22.3. The fourth-order valence-corrected chi connectivity index (χ4v) is 5.40. The van der Waals surface area contributed by atoms with E-state index in [-0.39, 0.29) is 4.75 Å². The largest absolute Gasteiger partial charge is 0.354 e. The summed E-state index contributed by atoms with van der Waals surface area (Å²) in [7, 11) is -0.738. The number of aromatic nitrogens is 2. The van der Waals surface area contributed by atoms with E-state index >= 15 is 0 Å². The maximum Gasteiger partial charge on any atom is 0.140 e. The molecule has 6 heteroatoms. The SMILES string of the molecule is CCC1(CC)CN(c2ncnc3sccc23)CCS1=O. The molecule has 1 atom stereocenters. The highest BCUT2D eigenvalue weighted by molar-refractivity contribution is 7.86. The van der Waals surface area contributed by atoms with Gasteiger partial charge in [-0.15, -0.1) is 11.3 Å². The van der Waals surface area contributed by atoms with Gasteiger partial charge in [0.25, 0.3) is 0 Å². The second-order valence-corrected chi connectivity index (χ2v) is 8.06. The first-order valence-electron chi connectivity index (χ1n) is 7.02. The van der Waals surface area contributed by atoms with Gasteiger partial charge in [0.15, 0.2) is 0 Å². The maximum atomic E-state index is 12.4. The summed E-state index contributed by atoms with van der Waals surface area (Å²) in [4.78, 5) is 12.1. The zero-order valence-electron chi connectivity index (χ0n) is 11.8. The van der Waals surface area contributed by atoms with Gasteiger partial charge in [-0.05, 0) is 24.3 Å². The van der Waals surface area contributed by atoms with Gasteiger partial charge in [0.05, 0.1) is 10.1 Å². The highest BCUT2D eigenvalue weighted by atomic mass is 32.2. The van der Waals surface area contributed by atoms with Gasteiger partial charge < -0.3 is 4.90 Å². The van der Waals surface area contributed by atoms with Crippen LogP contribution in [0.15, 0.2) is 17.8 Å². The zero-order chi connectivity index (χ0) is 14.2. The minimum Gasteiger partial charge on any atom is -0.354 e. The van der Waals surface area contributed by atoms with Gasteiger partial charge in [0.2, 0.25) is 0 Å². The Hall–Kier alpha value is -1.01. The van der Waals surface area contributed by atoms with Gasteiger partial charge in [-0.3, -0.25) is 4.21 Å². The second-order valence-electron chi connectivity index (χ2n) is 5.20. The van der Waals surface area contributed by atoms with Crippen molar-refractivity contribution in [3.63, 3.8) is 0 Å². The van der Waals surface area contributed by atoms with Crippen LogP contribution in [0, 0.1) is 0 Å². The third-order valence-corrected chi connectivity index (χ3v) is 7.38. The third-order valence-electron chi connectivity index (χ3n) is 4.34. The van der Waals surface area contributed by atoms with Crippen LogP contribution in [-0.4, -0.2) is 37.8 Å². The molecule has 2 aromatic rings. The molecule has 0 N–H and O–H groups in total. The average molecular weight is 309 g/mol. The summed E-state index contributed by atoms with van der Waals surface area (Å²) in [6, 6.07) is 2.08. The van der Waals surface area contributed by atoms with E-state index < -0.39 is 10.8 Å². The molecule has 108 valence electrons. The van der Waals surface area contributed by atoms with Crippen LogP contribution in [0.3, 0.4) is 0 Å². The Morgan fingerprint density at radius 1 is 1.40 bits per heavy atom. The molecule has 0 aliphatic carbocycles. The first-order chi connectivity index (χ1) is 9.70. The number of hydrogen-bond acceptors (Lipinski definition) is 5. The molecule has 2 aromatic heterocycles. The van der Waals surface area contributed by atoms with E-state index in [0.29, 0.717) is 0 Å². The average Bonchev–Trinajstić information content (AvgIpc) is 2.96. The van der Waals surface area contributed by atoms with Crippen molar-refractivity contribution in [3.05, 3.63) is 17.8 Å². The Labute approximate surface area is 125 Å². The van der Waals surface area contributed by atoms with E-state index in [2.05, 4.69) is 40.2 Å². The van der Waals surface area contributed by atoms with Gasteiger partial charge >= 0.3 is 0 Å². The molecular weight excluding hydrogens is 290 g/mol. The first-order valence-corrected chi connectivity index (χ1v) is 9.21. The highest BCUT2D eigenvalue weighted by Gasteiger charge is 2.39. The number of nitrogens with zero attached hydrogens (tertiary/aromatic N) is 3. The number of rotatable bonds is 3. The standard InChI is InChI=1S/C14H19N3OS2/c1-3-14(4-2)9-17(6-8-20(14)18)12-11-5-7-19-13(11)16-10-15-12/h5,7,10H,3-4,6,8-9H2,1-2H3. The predicted octanol–water partition coefficient (Wildman–Crippen LogP) is 2.82. The topological polar surface area (TPSA) is 46.1 Å². The highest BCUT2D eigenvalue weighted by Crippen LogP contribution is 2.33. The number of fused-ring (bicyclic) bond motifs is 1. The Balaban J connectivity index is 1.99. The van der Waals surface area contributed by atoms with Gasteiger partial charge in [0, 0.05) is 29.6 Å². The van der Waals surface area contributed by atoms with Gasteiger partial charge in [-0.1, -0.05) is 13.8 Å². The Morgan fingerprint density at radius 3 is 2.95 bits per heavy atom. The lowest BCUT2D eigenvalue weighted by Crippen LogP contribution is -2.53. The second kappa shape index (κ2) is 5.41. The van der Waals surface area contributed by atoms with E-state index in [4.69, 9.17) is 0 Å². The lowest BCUT2D eigenvalue weighted by molar-refractivity contribution is 0.495. The Bertz CT molecular complexity index is 636. The quantitative estimate of drug-likeness (QED) is 0.874. The van der Waals surface area contributed by atoms with Crippen molar-refractivity contribution in [1.29, 1.82) is 0 Å². The van der Waals surface area contributed by atoms with E-state index in [9.17, 15) is 4.21 Å². The molecular formula is C14H19N3OS2. The van der Waals surface area contributed by atoms with Crippen LogP contribution in [0.1, 0.15) is 26.7 Å². The van der Waals surface area contributed by atoms with Crippen LogP contribution in [0.25, 0.3) is 10.2 Å². The van der Waals surface area contributed by atoms with Gasteiger partial charge in [0.1, 0.15) is 17.0 Å². The Morgan fingerprint density at radius 2 is 2.20 bits per heavy atom. The van der Waals surface area contributed by atoms with Crippen molar-refractivity contribution in [1.82, 2.24) is 9.97 Å². The first kappa shape index (κ1) is 13.9. The summed E-state index contributed by atoms with van der Waals surface area (Å²) in [5.41, 5.74) is 0. The summed E-state index contributed by atoms with van der Waals surface area (Å²) < 4.78 is 12.3. The molecule has 0 saturated carbocycles. The van der Waals surface area contributed by atoms with Crippen molar-refractivity contribution in [2.75, 3.05) is 23.7 Å². The van der Waals surface area contributed by atoms with Gasteiger partial charge in [-0.2, -0.15) is 0 Å². The summed E-state index contributed by atoms with van der Waals surface area (Å²) in [6.07, 6.45) is 3.54. The summed E-state index contributed by atoms with van der Waals surface area (Å²) in [5, 5.41) is 3.17. The monoisotopic (exact) mass is 309 g/mol. The summed E-state index contributed by atoms with van der Waals surface area (Å²) in [6.45, 7) is 5.93. The van der Waals surface area contributed by atoms with Crippen molar-refractivity contribution < 1.29 is 4.21 Å². The van der Waals surface area contributed by atoms with E-state index in [1.54, 1.807) is 17.7 Å². The van der Waals surface area contributed by atoms with E-state index in [1.165, 1.54) is 0 Å². The fraction of sp³-hybridized carbons (Fsp3) is 0.571. The summed E-state index contributed by atoms with van der Waals surface area (Å²) >= 11 is 1.64. The van der Waals surface area contributed by atoms with Crippen LogP contribution in [0.5, 0.6) is 0 Å². The van der Waals surface area contributed by atoms with Crippen LogP contribution < -0.4 is 4.90 Å². The molecule has 3 rings (SSSR count). The molecule has 0 radical (unpaired) electrons. The number of thiophene rings is 1. The number of anilines is 1. The molecule has 0 aromatic carbocycles. The van der Waals surface area contributed by atoms with Crippen LogP contribution in [0.2, 0.25) is 0 Å². The van der Waals surface area contributed by atoms with E-state index in [1.807, 2.05) is 0 Å². The molecule has 4 nitrogen and oxygen atoms in total. The predicted molar refractivity (Wildman–Crippen MR) is 86.0 cm³/mol. The minimum atomic E-state index is -0.738. The lowest BCUT2D eigenvalue weighted by atomic mass is 10.0. The minimum absolute atomic E-state index is 0.0917. The molecule has 0 amide bonds. The molecule has 1 aliphatic rings. The third kappa shape index (κ3) is 2.15. The lowest BCUT2D eigenvalue weighted by Gasteiger charge is -2.41. The van der Waals surface area contributed by atoms with Crippen molar-refractivity contribution in [2.24, 2.45) is 0 Å². The number of hydrogen-bond donors (Lipinski definition) is 0. The molecule has 1 fully saturated rings. The van der Waals surface area contributed by atoms with Crippen LogP contribution in [0.4, 0.5) is 5.82 Å². The smallest absolute Gasteiger partial charge is 0.140 e. The molecule has 1 aliphatic heterocycles. The molecule has 20 heavy (non-hydrogen) atoms. The zero-order valence-corrected chi connectivity index (χ0v) is 13.5. The Kier molecular flexibility index (Phi) is 3.77. The molecule has 1 unspecified atom stereocenters. The van der Waals surface area contributed by atoms with Crippen molar-refractivity contribution in [3.8, 4) is 0 Å². The van der Waals surface area contributed by atoms with Crippen LogP contribution >= 0.6 is 11.3 Å². The van der Waals surface area contributed by atoms with E-state index in [0.717, 1.165) is 47.7 Å². The summed E-state index contributed by atoms with van der Waals surface area (Å²) in [5.74, 6) is 1.73. The molecule has 0 bridgehead atoms. The fourth-order valence-electron chi connectivity index (χ4n) is 2.91. The van der Waals surface area contributed by atoms with Crippen molar-refractivity contribution in [2.45, 2.75) is 31.4 Å². The molecule has 0 spiro atoms. The van der Waals surface area contributed by atoms with Crippen LogP contribution in [-0.2, 0) is 10.8 Å². The van der Waals surface area contributed by atoms with Crippen molar-refractivity contribution >= 4 is 38.2 Å². The molecule has 3 heterocycles. The maximum absolute atomic E-state index is 12.4.